The van der Waals surface area contributed by atoms with Gasteiger partial charge in [0.25, 0.3) is 10.0 Å². The van der Waals surface area contributed by atoms with Crippen LogP contribution in [0.1, 0.15) is 30.5 Å². The maximum Gasteiger partial charge on any atom is 0.264 e. The lowest BCUT2D eigenvalue weighted by Gasteiger charge is -2.35. The van der Waals surface area contributed by atoms with Crippen molar-refractivity contribution in [1.82, 2.24) is 10.2 Å². The molecule has 0 aliphatic carbocycles. The van der Waals surface area contributed by atoms with Crippen molar-refractivity contribution in [3.05, 3.63) is 129 Å². The van der Waals surface area contributed by atoms with Gasteiger partial charge in [-0.25, -0.2) is 8.42 Å². The Hall–Kier alpha value is -3.56. The molecule has 1 unspecified atom stereocenters. The Balaban J connectivity index is 1.86. The number of hydrogen-bond acceptors (Lipinski definition) is 4. The van der Waals surface area contributed by atoms with E-state index in [0.717, 1.165) is 9.87 Å². The topological polar surface area (TPSA) is 86.8 Å². The van der Waals surface area contributed by atoms with Crippen molar-refractivity contribution in [2.45, 2.75) is 50.7 Å². The van der Waals surface area contributed by atoms with E-state index >= 15 is 0 Å². The second-order valence-corrected chi connectivity index (χ2v) is 13.9. The van der Waals surface area contributed by atoms with Crippen molar-refractivity contribution in [1.29, 1.82) is 0 Å². The van der Waals surface area contributed by atoms with Gasteiger partial charge in [-0.15, -0.1) is 0 Å². The minimum atomic E-state index is -4.26. The van der Waals surface area contributed by atoms with Gasteiger partial charge in [0.2, 0.25) is 11.8 Å². The van der Waals surface area contributed by atoms with Gasteiger partial charge < -0.3 is 10.2 Å². The molecular formula is C34H34Cl3N3O4S. The molecule has 4 rings (SSSR count). The van der Waals surface area contributed by atoms with E-state index in [1.165, 1.54) is 17.0 Å². The van der Waals surface area contributed by atoms with Crippen molar-refractivity contribution in [3.63, 3.8) is 0 Å². The van der Waals surface area contributed by atoms with Crippen LogP contribution in [0.15, 0.2) is 102 Å². The van der Waals surface area contributed by atoms with E-state index in [1.807, 2.05) is 44.2 Å². The average Bonchev–Trinajstić information content (AvgIpc) is 3.01. The Labute approximate surface area is 279 Å². The third kappa shape index (κ3) is 8.38. The maximum absolute atomic E-state index is 14.6. The fourth-order valence-electron chi connectivity index (χ4n) is 4.89. The third-order valence-corrected chi connectivity index (χ3v) is 10.1. The predicted molar refractivity (Wildman–Crippen MR) is 181 cm³/mol. The molecule has 1 N–H and O–H groups in total. The minimum Gasteiger partial charge on any atom is -0.352 e. The first-order valence-corrected chi connectivity index (χ1v) is 16.9. The fourth-order valence-corrected chi connectivity index (χ4v) is 7.07. The van der Waals surface area contributed by atoms with Gasteiger partial charge in [-0.2, -0.15) is 0 Å². The number of nitrogens with zero attached hydrogens (tertiary/aromatic N) is 2. The predicted octanol–water partition coefficient (Wildman–Crippen LogP) is 7.32. The molecule has 0 saturated heterocycles. The summed E-state index contributed by atoms with van der Waals surface area (Å²) in [5.74, 6) is -1.04. The minimum absolute atomic E-state index is 0.00346. The largest absolute Gasteiger partial charge is 0.352 e. The first kappa shape index (κ1) is 34.3. The smallest absolute Gasteiger partial charge is 0.264 e. The first-order chi connectivity index (χ1) is 21.4. The SMILES string of the molecule is Cc1c(Cl)cccc1N(CC(=O)N(Cc1c(Cl)cccc1Cl)C(Cc1ccccc1)C(=O)NC(C)C)S(=O)(=O)c1ccccc1. The number of hydrogen-bond donors (Lipinski definition) is 1. The number of benzene rings is 4. The normalized spacial score (nSPS) is 12.1. The summed E-state index contributed by atoms with van der Waals surface area (Å²) in [5.41, 5.74) is 1.96. The number of amides is 2. The lowest BCUT2D eigenvalue weighted by atomic mass is 10.0. The van der Waals surface area contributed by atoms with Gasteiger partial charge >= 0.3 is 0 Å². The van der Waals surface area contributed by atoms with Crippen LogP contribution in [0, 0.1) is 6.92 Å². The molecule has 0 spiro atoms. The lowest BCUT2D eigenvalue weighted by Crippen LogP contribution is -2.54. The molecule has 0 aliphatic rings. The Morgan fingerprint density at radius 1 is 0.778 bits per heavy atom. The van der Waals surface area contributed by atoms with Crippen molar-refractivity contribution in [2.24, 2.45) is 0 Å². The van der Waals surface area contributed by atoms with Crippen LogP contribution in [0.2, 0.25) is 15.1 Å². The highest BCUT2D eigenvalue weighted by atomic mass is 35.5. The first-order valence-electron chi connectivity index (χ1n) is 14.3. The van der Waals surface area contributed by atoms with Crippen LogP contribution < -0.4 is 9.62 Å². The number of nitrogens with one attached hydrogen (secondary N) is 1. The number of carbonyl (C=O) groups excluding carboxylic acids is 2. The van der Waals surface area contributed by atoms with Gasteiger partial charge in [-0.3, -0.25) is 13.9 Å². The standard InChI is InChI=1S/C34H34Cl3N3O4S/c1-23(2)38-34(42)32(20-25-12-6-4-7-13-25)39(21-27-29(36)17-10-18-30(27)37)33(41)22-40(31-19-11-16-28(35)24(31)3)45(43,44)26-14-8-5-9-15-26/h4-19,23,32H,20-22H2,1-3H3,(H,38,42). The van der Waals surface area contributed by atoms with E-state index in [1.54, 1.807) is 61.5 Å². The van der Waals surface area contributed by atoms with Gasteiger partial charge in [-0.1, -0.05) is 95.5 Å². The fraction of sp³-hybridized carbons (Fsp3) is 0.235. The molecular weight excluding hydrogens is 653 g/mol. The maximum atomic E-state index is 14.6. The summed E-state index contributed by atoms with van der Waals surface area (Å²) in [4.78, 5) is 29.7. The van der Waals surface area contributed by atoms with E-state index < -0.39 is 34.4 Å². The Bertz CT molecular complexity index is 1730. The highest BCUT2D eigenvalue weighted by molar-refractivity contribution is 7.92. The van der Waals surface area contributed by atoms with Crippen LogP contribution in [-0.2, 0) is 32.6 Å². The van der Waals surface area contributed by atoms with Gasteiger partial charge in [0.15, 0.2) is 0 Å². The molecule has 0 bridgehead atoms. The zero-order chi connectivity index (χ0) is 32.7. The summed E-state index contributed by atoms with van der Waals surface area (Å²) >= 11 is 19.5. The molecule has 0 saturated carbocycles. The van der Waals surface area contributed by atoms with Gasteiger partial charge in [0.05, 0.1) is 10.6 Å². The quantitative estimate of drug-likeness (QED) is 0.169. The lowest BCUT2D eigenvalue weighted by molar-refractivity contribution is -0.140. The van der Waals surface area contributed by atoms with E-state index in [4.69, 9.17) is 34.8 Å². The highest BCUT2D eigenvalue weighted by Crippen LogP contribution is 2.32. The monoisotopic (exact) mass is 685 g/mol. The second kappa shape index (κ2) is 15.1. The van der Waals surface area contributed by atoms with Gasteiger partial charge in [0.1, 0.15) is 12.6 Å². The second-order valence-electron chi connectivity index (χ2n) is 10.8. The Morgan fingerprint density at radius 2 is 1.33 bits per heavy atom. The molecule has 0 aliphatic heterocycles. The number of anilines is 1. The summed E-state index contributed by atoms with van der Waals surface area (Å²) < 4.78 is 29.3. The molecule has 0 heterocycles. The van der Waals surface area contributed by atoms with Crippen LogP contribution in [0.3, 0.4) is 0 Å². The molecule has 1 atom stereocenters. The van der Waals surface area contributed by atoms with Crippen molar-refractivity contribution < 1.29 is 18.0 Å². The summed E-state index contributed by atoms with van der Waals surface area (Å²) in [6.45, 7) is 4.56. The van der Waals surface area contributed by atoms with Crippen molar-refractivity contribution in [3.8, 4) is 0 Å². The summed E-state index contributed by atoms with van der Waals surface area (Å²) in [6.07, 6.45) is 0.162. The number of carbonyl (C=O) groups is 2. The van der Waals surface area contributed by atoms with Crippen LogP contribution in [0.25, 0.3) is 0 Å². The molecule has 236 valence electrons. The van der Waals surface area contributed by atoms with Crippen LogP contribution in [-0.4, -0.2) is 43.8 Å². The number of halogens is 3. The van der Waals surface area contributed by atoms with Gasteiger partial charge in [-0.05, 0) is 68.3 Å². The van der Waals surface area contributed by atoms with Crippen molar-refractivity contribution >= 4 is 62.3 Å². The zero-order valence-corrected chi connectivity index (χ0v) is 28.2. The molecule has 4 aromatic carbocycles. The van der Waals surface area contributed by atoms with Crippen molar-refractivity contribution in [2.75, 3.05) is 10.8 Å². The number of rotatable bonds is 12. The Morgan fingerprint density at radius 3 is 1.93 bits per heavy atom. The third-order valence-electron chi connectivity index (χ3n) is 7.21. The molecule has 0 fully saturated rings. The molecule has 4 aromatic rings. The van der Waals surface area contributed by atoms with E-state index in [0.29, 0.717) is 26.2 Å². The highest BCUT2D eigenvalue weighted by Gasteiger charge is 2.36. The molecule has 0 aromatic heterocycles. The number of sulfonamides is 1. The van der Waals surface area contributed by atoms with Crippen LogP contribution in [0.5, 0.6) is 0 Å². The van der Waals surface area contributed by atoms with E-state index in [9.17, 15) is 18.0 Å². The van der Waals surface area contributed by atoms with Crippen LogP contribution >= 0.6 is 34.8 Å². The molecule has 0 radical (unpaired) electrons. The van der Waals surface area contributed by atoms with Gasteiger partial charge in [0, 0.05) is 39.6 Å². The van der Waals surface area contributed by atoms with E-state index in [2.05, 4.69) is 5.32 Å². The average molecular weight is 687 g/mol. The molecule has 11 heteroatoms. The summed E-state index contributed by atoms with van der Waals surface area (Å²) in [6, 6.07) is 25.7. The van der Waals surface area contributed by atoms with E-state index in [-0.39, 0.29) is 29.6 Å². The molecule has 7 nitrogen and oxygen atoms in total. The summed E-state index contributed by atoms with van der Waals surface area (Å²) in [7, 11) is -4.26. The summed E-state index contributed by atoms with van der Waals surface area (Å²) in [5, 5.41) is 3.88. The molecule has 45 heavy (non-hydrogen) atoms. The van der Waals surface area contributed by atoms with Crippen LogP contribution in [0.4, 0.5) is 5.69 Å². The Kier molecular flexibility index (Phi) is 11.6. The molecule has 2 amide bonds. The zero-order valence-electron chi connectivity index (χ0n) is 25.1.